The molecule has 0 aromatic heterocycles. The van der Waals surface area contributed by atoms with Gasteiger partial charge in [-0.2, -0.15) is 0 Å². The molecule has 0 amide bonds. The van der Waals surface area contributed by atoms with Gasteiger partial charge in [0.1, 0.15) is 0 Å². The molecule has 1 unspecified atom stereocenters. The van der Waals surface area contributed by atoms with E-state index >= 15 is 0 Å². The Hall–Kier alpha value is -0.0500. The third-order valence-electron chi connectivity index (χ3n) is 2.49. The summed E-state index contributed by atoms with van der Waals surface area (Å²) in [5.74, 6) is 0.756. The summed E-state index contributed by atoms with van der Waals surface area (Å²) in [7, 11) is 0. The molecule has 82 valence electrons. The number of hydrogen-bond donors (Lipinski definition) is 1. The SMILES string of the molecule is C=C(Cl)CN1CCNC(CC(C)C)C1. The van der Waals surface area contributed by atoms with E-state index in [4.69, 9.17) is 11.6 Å². The van der Waals surface area contributed by atoms with Crippen LogP contribution in [0, 0.1) is 5.92 Å². The quantitative estimate of drug-likeness (QED) is 0.774. The Morgan fingerprint density at radius 2 is 2.36 bits per heavy atom. The number of piperazine rings is 1. The van der Waals surface area contributed by atoms with E-state index in [2.05, 4.69) is 30.6 Å². The fraction of sp³-hybridized carbons (Fsp3) is 0.818. The van der Waals surface area contributed by atoms with Crippen LogP contribution in [0.15, 0.2) is 11.6 Å². The Kier molecular flexibility index (Phi) is 4.93. The molecule has 1 saturated heterocycles. The lowest BCUT2D eigenvalue weighted by Gasteiger charge is -2.34. The van der Waals surface area contributed by atoms with Gasteiger partial charge < -0.3 is 5.32 Å². The van der Waals surface area contributed by atoms with Crippen LogP contribution in [0.1, 0.15) is 20.3 Å². The number of nitrogens with one attached hydrogen (secondary N) is 1. The van der Waals surface area contributed by atoms with Crippen LogP contribution in [-0.2, 0) is 0 Å². The van der Waals surface area contributed by atoms with Gasteiger partial charge in [0.15, 0.2) is 0 Å². The lowest BCUT2D eigenvalue weighted by atomic mass is 10.0. The molecule has 1 rings (SSSR count). The molecule has 1 aliphatic heterocycles. The lowest BCUT2D eigenvalue weighted by molar-refractivity contribution is 0.201. The second-order valence-electron chi connectivity index (χ2n) is 4.53. The predicted octanol–water partition coefficient (Wildman–Crippen LogP) is 2.06. The molecule has 1 N–H and O–H groups in total. The highest BCUT2D eigenvalue weighted by Gasteiger charge is 2.19. The molecule has 0 radical (unpaired) electrons. The summed E-state index contributed by atoms with van der Waals surface area (Å²) in [4.78, 5) is 2.37. The zero-order valence-electron chi connectivity index (χ0n) is 9.22. The van der Waals surface area contributed by atoms with Crippen LogP contribution in [0.5, 0.6) is 0 Å². The van der Waals surface area contributed by atoms with Crippen molar-refractivity contribution in [3.63, 3.8) is 0 Å². The standard InChI is InChI=1S/C11H21ClN2/c1-9(2)6-11-8-14(5-4-13-11)7-10(3)12/h9,11,13H,3-8H2,1-2H3. The summed E-state index contributed by atoms with van der Waals surface area (Å²) in [5.41, 5.74) is 0. The van der Waals surface area contributed by atoms with Crippen molar-refractivity contribution in [1.82, 2.24) is 10.2 Å². The zero-order chi connectivity index (χ0) is 10.6. The third-order valence-corrected chi connectivity index (χ3v) is 2.61. The molecule has 2 nitrogen and oxygen atoms in total. The van der Waals surface area contributed by atoms with E-state index < -0.39 is 0 Å². The van der Waals surface area contributed by atoms with Gasteiger partial charge in [0.25, 0.3) is 0 Å². The summed E-state index contributed by atoms with van der Waals surface area (Å²) in [6, 6.07) is 0.625. The second-order valence-corrected chi connectivity index (χ2v) is 5.07. The van der Waals surface area contributed by atoms with E-state index in [0.29, 0.717) is 6.04 Å². The van der Waals surface area contributed by atoms with Crippen LogP contribution in [-0.4, -0.2) is 37.1 Å². The highest BCUT2D eigenvalue weighted by atomic mass is 35.5. The van der Waals surface area contributed by atoms with Gasteiger partial charge in [0.2, 0.25) is 0 Å². The van der Waals surface area contributed by atoms with E-state index in [1.165, 1.54) is 6.42 Å². The van der Waals surface area contributed by atoms with Crippen molar-refractivity contribution in [2.75, 3.05) is 26.2 Å². The van der Waals surface area contributed by atoms with Crippen LogP contribution in [0.4, 0.5) is 0 Å². The van der Waals surface area contributed by atoms with E-state index in [-0.39, 0.29) is 0 Å². The Morgan fingerprint density at radius 1 is 1.64 bits per heavy atom. The molecule has 1 atom stereocenters. The molecule has 0 aromatic carbocycles. The van der Waals surface area contributed by atoms with E-state index in [1.807, 2.05) is 0 Å². The minimum atomic E-state index is 0.625. The van der Waals surface area contributed by atoms with Crippen LogP contribution in [0.3, 0.4) is 0 Å². The first-order valence-electron chi connectivity index (χ1n) is 5.37. The zero-order valence-corrected chi connectivity index (χ0v) is 9.98. The fourth-order valence-electron chi connectivity index (χ4n) is 2.01. The summed E-state index contributed by atoms with van der Waals surface area (Å²) in [6.45, 7) is 12.4. The second kappa shape index (κ2) is 5.74. The van der Waals surface area contributed by atoms with Crippen LogP contribution >= 0.6 is 11.6 Å². The van der Waals surface area contributed by atoms with Crippen molar-refractivity contribution in [2.24, 2.45) is 5.92 Å². The van der Waals surface area contributed by atoms with Gasteiger partial charge in [-0.15, -0.1) is 0 Å². The van der Waals surface area contributed by atoms with Gasteiger partial charge in [-0.3, -0.25) is 4.90 Å². The molecule has 0 aliphatic carbocycles. The minimum absolute atomic E-state index is 0.625. The molecule has 3 heteroatoms. The highest BCUT2D eigenvalue weighted by Crippen LogP contribution is 2.11. The third kappa shape index (κ3) is 4.45. The van der Waals surface area contributed by atoms with Crippen molar-refractivity contribution in [3.05, 3.63) is 11.6 Å². The number of rotatable bonds is 4. The van der Waals surface area contributed by atoms with Gasteiger partial charge in [0.05, 0.1) is 0 Å². The molecular weight excluding hydrogens is 196 g/mol. The van der Waals surface area contributed by atoms with E-state index in [0.717, 1.165) is 37.1 Å². The molecular formula is C11H21ClN2. The normalized spacial score (nSPS) is 24.1. The highest BCUT2D eigenvalue weighted by molar-refractivity contribution is 6.29. The average Bonchev–Trinajstić information content (AvgIpc) is 2.01. The Balaban J connectivity index is 2.32. The minimum Gasteiger partial charge on any atom is -0.311 e. The molecule has 0 spiro atoms. The maximum atomic E-state index is 5.81. The number of halogens is 1. The summed E-state index contributed by atoms with van der Waals surface area (Å²) >= 11 is 5.81. The molecule has 0 aromatic rings. The van der Waals surface area contributed by atoms with Gasteiger partial charge in [-0.05, 0) is 12.3 Å². The fourth-order valence-corrected chi connectivity index (χ4v) is 2.18. The number of nitrogens with zero attached hydrogens (tertiary/aromatic N) is 1. The first-order chi connectivity index (χ1) is 6.58. The van der Waals surface area contributed by atoms with Crippen molar-refractivity contribution in [1.29, 1.82) is 0 Å². The van der Waals surface area contributed by atoms with Crippen LogP contribution in [0.2, 0.25) is 0 Å². The van der Waals surface area contributed by atoms with Crippen molar-refractivity contribution >= 4 is 11.6 Å². The van der Waals surface area contributed by atoms with Crippen LogP contribution < -0.4 is 5.32 Å². The van der Waals surface area contributed by atoms with E-state index in [9.17, 15) is 0 Å². The Bertz CT molecular complexity index is 192. The average molecular weight is 217 g/mol. The first kappa shape index (κ1) is 12.0. The molecule has 1 aliphatic rings. The Morgan fingerprint density at radius 3 is 2.93 bits per heavy atom. The van der Waals surface area contributed by atoms with Gasteiger partial charge >= 0.3 is 0 Å². The molecule has 0 bridgehead atoms. The van der Waals surface area contributed by atoms with Crippen molar-refractivity contribution < 1.29 is 0 Å². The maximum absolute atomic E-state index is 5.81. The smallest absolute Gasteiger partial charge is 0.0336 e. The summed E-state index contributed by atoms with van der Waals surface area (Å²) in [6.07, 6.45) is 1.24. The maximum Gasteiger partial charge on any atom is 0.0336 e. The van der Waals surface area contributed by atoms with E-state index in [1.54, 1.807) is 0 Å². The number of hydrogen-bond acceptors (Lipinski definition) is 2. The van der Waals surface area contributed by atoms with Crippen molar-refractivity contribution in [3.8, 4) is 0 Å². The largest absolute Gasteiger partial charge is 0.311 e. The van der Waals surface area contributed by atoms with Crippen molar-refractivity contribution in [2.45, 2.75) is 26.3 Å². The first-order valence-corrected chi connectivity index (χ1v) is 5.74. The summed E-state index contributed by atoms with van der Waals surface area (Å²) < 4.78 is 0. The molecule has 1 heterocycles. The monoisotopic (exact) mass is 216 g/mol. The molecule has 0 saturated carbocycles. The molecule has 1 fully saturated rings. The predicted molar refractivity (Wildman–Crippen MR) is 62.7 cm³/mol. The Labute approximate surface area is 92.3 Å². The summed E-state index contributed by atoms with van der Waals surface area (Å²) in [5, 5.41) is 4.28. The van der Waals surface area contributed by atoms with Gasteiger partial charge in [-0.25, -0.2) is 0 Å². The molecule has 14 heavy (non-hydrogen) atoms. The van der Waals surface area contributed by atoms with Crippen LogP contribution in [0.25, 0.3) is 0 Å². The van der Waals surface area contributed by atoms with Gasteiger partial charge in [0, 0.05) is 37.3 Å². The topological polar surface area (TPSA) is 15.3 Å². The van der Waals surface area contributed by atoms with Gasteiger partial charge in [-0.1, -0.05) is 32.0 Å². The lowest BCUT2D eigenvalue weighted by Crippen LogP contribution is -2.51.